The molecule has 0 saturated heterocycles. The quantitative estimate of drug-likeness (QED) is 0.736. The average Bonchev–Trinajstić information content (AvgIpc) is 3.13. The van der Waals surface area contributed by atoms with Crippen molar-refractivity contribution in [3.8, 4) is 0 Å². The predicted molar refractivity (Wildman–Crippen MR) is 111 cm³/mol. The number of rotatable bonds is 6. The predicted octanol–water partition coefficient (Wildman–Crippen LogP) is 2.89. The van der Waals surface area contributed by atoms with Gasteiger partial charge >= 0.3 is 12.0 Å². The average molecular weight is 395 g/mol. The molecule has 0 saturated carbocycles. The molecule has 0 aromatic heterocycles. The summed E-state index contributed by atoms with van der Waals surface area (Å²) in [5.74, 6) is -0.434. The van der Waals surface area contributed by atoms with Gasteiger partial charge in [0.2, 0.25) is 5.91 Å². The second-order valence-electron chi connectivity index (χ2n) is 6.87. The van der Waals surface area contributed by atoms with Crippen LogP contribution >= 0.6 is 0 Å². The van der Waals surface area contributed by atoms with E-state index in [9.17, 15) is 14.4 Å². The topological polar surface area (TPSA) is 87.7 Å². The molecule has 2 aromatic rings. The third-order valence-corrected chi connectivity index (χ3v) is 4.74. The summed E-state index contributed by atoms with van der Waals surface area (Å²) < 4.78 is 4.92. The molecule has 152 valence electrons. The molecule has 7 heteroatoms. The number of amides is 3. The minimum atomic E-state index is -0.663. The Kier molecular flexibility index (Phi) is 6.49. The minimum absolute atomic E-state index is 0.144. The lowest BCUT2D eigenvalue weighted by Gasteiger charge is -2.22. The fourth-order valence-electron chi connectivity index (χ4n) is 3.31. The number of nitrogens with one attached hydrogen (secondary N) is 2. The Morgan fingerprint density at radius 3 is 2.55 bits per heavy atom. The van der Waals surface area contributed by atoms with Crippen LogP contribution in [0.3, 0.4) is 0 Å². The Hall–Kier alpha value is -3.35. The maximum Gasteiger partial charge on any atom is 0.319 e. The number of benzene rings is 2. The van der Waals surface area contributed by atoms with E-state index in [0.29, 0.717) is 18.8 Å². The molecule has 0 radical (unpaired) electrons. The van der Waals surface area contributed by atoms with Gasteiger partial charge in [0, 0.05) is 17.9 Å². The van der Waals surface area contributed by atoms with Crippen LogP contribution < -0.4 is 15.5 Å². The van der Waals surface area contributed by atoms with E-state index in [0.717, 1.165) is 23.2 Å². The highest BCUT2D eigenvalue weighted by molar-refractivity contribution is 6.01. The van der Waals surface area contributed by atoms with Crippen LogP contribution in [0, 0.1) is 0 Å². The molecule has 0 unspecified atom stereocenters. The summed E-state index contributed by atoms with van der Waals surface area (Å²) in [4.78, 5) is 38.2. The standard InChI is InChI=1S/C22H25N3O4/c1-3-29-20(26)14-16-8-10-18(11-9-16)24-22(28)23-15(2)21(27)25-13-12-17-6-4-5-7-19(17)25/h4-11,15H,3,12-14H2,1-2H3,(H2,23,24,28)/t15-/m1/s1. The van der Waals surface area contributed by atoms with Crippen molar-refractivity contribution in [1.29, 1.82) is 0 Å². The molecule has 1 aliphatic rings. The van der Waals surface area contributed by atoms with Crippen molar-refractivity contribution in [2.75, 3.05) is 23.4 Å². The number of carbonyl (C=O) groups excluding carboxylic acids is 3. The first-order valence-corrected chi connectivity index (χ1v) is 9.69. The molecular weight excluding hydrogens is 370 g/mol. The second kappa shape index (κ2) is 9.23. The van der Waals surface area contributed by atoms with Crippen LogP contribution in [-0.4, -0.2) is 37.1 Å². The maximum absolute atomic E-state index is 12.7. The summed E-state index contributed by atoms with van der Waals surface area (Å²) in [6.07, 6.45) is 1.00. The number of anilines is 2. The van der Waals surface area contributed by atoms with E-state index >= 15 is 0 Å². The molecule has 3 amide bonds. The Morgan fingerprint density at radius 2 is 1.83 bits per heavy atom. The molecule has 7 nitrogen and oxygen atoms in total. The van der Waals surface area contributed by atoms with Gasteiger partial charge < -0.3 is 20.3 Å². The van der Waals surface area contributed by atoms with Gasteiger partial charge in [-0.15, -0.1) is 0 Å². The second-order valence-corrected chi connectivity index (χ2v) is 6.87. The van der Waals surface area contributed by atoms with Crippen molar-refractivity contribution < 1.29 is 19.1 Å². The van der Waals surface area contributed by atoms with Crippen LogP contribution in [0.5, 0.6) is 0 Å². The smallest absolute Gasteiger partial charge is 0.319 e. The van der Waals surface area contributed by atoms with Gasteiger partial charge in [-0.05, 0) is 49.6 Å². The molecule has 0 bridgehead atoms. The molecule has 0 fully saturated rings. The molecular formula is C22H25N3O4. The van der Waals surface area contributed by atoms with Gasteiger partial charge in [0.1, 0.15) is 6.04 Å². The summed E-state index contributed by atoms with van der Waals surface area (Å²) >= 11 is 0. The normalized spacial score (nSPS) is 13.4. The number of esters is 1. The van der Waals surface area contributed by atoms with Crippen LogP contribution in [0.15, 0.2) is 48.5 Å². The van der Waals surface area contributed by atoms with Gasteiger partial charge in [-0.2, -0.15) is 0 Å². The van der Waals surface area contributed by atoms with Crippen LogP contribution in [0.4, 0.5) is 16.2 Å². The van der Waals surface area contributed by atoms with Gasteiger partial charge in [0.25, 0.3) is 0 Å². The Morgan fingerprint density at radius 1 is 1.10 bits per heavy atom. The number of carbonyl (C=O) groups is 3. The first-order chi connectivity index (χ1) is 14.0. The highest BCUT2D eigenvalue weighted by Gasteiger charge is 2.28. The monoisotopic (exact) mass is 395 g/mol. The van der Waals surface area contributed by atoms with E-state index in [1.807, 2.05) is 24.3 Å². The summed E-state index contributed by atoms with van der Waals surface area (Å²) in [5, 5.41) is 5.39. The van der Waals surface area contributed by atoms with E-state index in [1.54, 1.807) is 43.0 Å². The zero-order chi connectivity index (χ0) is 20.8. The maximum atomic E-state index is 12.7. The van der Waals surface area contributed by atoms with E-state index in [-0.39, 0.29) is 18.3 Å². The summed E-state index contributed by atoms with van der Waals surface area (Å²) in [7, 11) is 0. The van der Waals surface area contributed by atoms with Crippen molar-refractivity contribution >= 4 is 29.3 Å². The number of hydrogen-bond acceptors (Lipinski definition) is 4. The summed E-state index contributed by atoms with van der Waals surface area (Å²) in [6.45, 7) is 4.40. The van der Waals surface area contributed by atoms with Crippen LogP contribution in [0.25, 0.3) is 0 Å². The zero-order valence-corrected chi connectivity index (χ0v) is 16.6. The fourth-order valence-corrected chi connectivity index (χ4v) is 3.31. The Labute approximate surface area is 170 Å². The van der Waals surface area contributed by atoms with Gasteiger partial charge in [-0.3, -0.25) is 9.59 Å². The van der Waals surface area contributed by atoms with Crippen molar-refractivity contribution in [3.05, 3.63) is 59.7 Å². The Bertz CT molecular complexity index is 895. The van der Waals surface area contributed by atoms with E-state index in [2.05, 4.69) is 10.6 Å². The van der Waals surface area contributed by atoms with Crippen LogP contribution in [0.1, 0.15) is 25.0 Å². The third-order valence-electron chi connectivity index (χ3n) is 4.74. The molecule has 0 spiro atoms. The Balaban J connectivity index is 1.52. The minimum Gasteiger partial charge on any atom is -0.466 e. The number of nitrogens with zero attached hydrogens (tertiary/aromatic N) is 1. The van der Waals surface area contributed by atoms with E-state index in [1.165, 1.54) is 0 Å². The zero-order valence-electron chi connectivity index (χ0n) is 16.6. The highest BCUT2D eigenvalue weighted by Crippen LogP contribution is 2.27. The first kappa shape index (κ1) is 20.4. The van der Waals surface area contributed by atoms with E-state index in [4.69, 9.17) is 4.74 Å². The lowest BCUT2D eigenvalue weighted by Crippen LogP contribution is -2.47. The van der Waals surface area contributed by atoms with Gasteiger partial charge in [0.05, 0.1) is 13.0 Å². The first-order valence-electron chi connectivity index (χ1n) is 9.69. The number of ether oxygens (including phenoxy) is 1. The van der Waals surface area contributed by atoms with Crippen molar-refractivity contribution in [2.45, 2.75) is 32.7 Å². The highest BCUT2D eigenvalue weighted by atomic mass is 16.5. The molecule has 2 N–H and O–H groups in total. The molecule has 29 heavy (non-hydrogen) atoms. The van der Waals surface area contributed by atoms with Crippen molar-refractivity contribution in [2.24, 2.45) is 0 Å². The van der Waals surface area contributed by atoms with Gasteiger partial charge in [0.15, 0.2) is 0 Å². The molecule has 1 aliphatic heterocycles. The number of fused-ring (bicyclic) bond motifs is 1. The van der Waals surface area contributed by atoms with Crippen molar-refractivity contribution in [1.82, 2.24) is 5.32 Å². The van der Waals surface area contributed by atoms with E-state index < -0.39 is 12.1 Å². The number of hydrogen-bond donors (Lipinski definition) is 2. The number of urea groups is 1. The van der Waals surface area contributed by atoms with Gasteiger partial charge in [-0.1, -0.05) is 30.3 Å². The number of para-hydroxylation sites is 1. The third kappa shape index (κ3) is 5.13. The molecule has 1 atom stereocenters. The van der Waals surface area contributed by atoms with Crippen LogP contribution in [0.2, 0.25) is 0 Å². The summed E-state index contributed by atoms with van der Waals surface area (Å²) in [5.41, 5.74) is 3.41. The lowest BCUT2D eigenvalue weighted by molar-refractivity contribution is -0.142. The van der Waals surface area contributed by atoms with Gasteiger partial charge in [-0.25, -0.2) is 4.79 Å². The largest absolute Gasteiger partial charge is 0.466 e. The molecule has 1 heterocycles. The summed E-state index contributed by atoms with van der Waals surface area (Å²) in [6, 6.07) is 13.6. The molecule has 0 aliphatic carbocycles. The SMILES string of the molecule is CCOC(=O)Cc1ccc(NC(=O)N[C@H](C)C(=O)N2CCc3ccccc32)cc1. The molecule has 3 rings (SSSR count). The fraction of sp³-hybridized carbons (Fsp3) is 0.318. The molecule has 2 aromatic carbocycles. The lowest BCUT2D eigenvalue weighted by atomic mass is 10.1. The van der Waals surface area contributed by atoms with Crippen molar-refractivity contribution in [3.63, 3.8) is 0 Å². The van der Waals surface area contributed by atoms with Crippen LogP contribution in [-0.2, 0) is 27.2 Å².